The minimum absolute atomic E-state index is 0.0127. The first kappa shape index (κ1) is 21.0. The van der Waals surface area contributed by atoms with E-state index in [2.05, 4.69) is 20.8 Å². The molecule has 0 radical (unpaired) electrons. The molecular formula is C20H11Cl2F3N4O2. The van der Waals surface area contributed by atoms with Gasteiger partial charge in [0.15, 0.2) is 11.4 Å². The molecule has 31 heavy (non-hydrogen) atoms. The van der Waals surface area contributed by atoms with E-state index in [0.717, 1.165) is 12.1 Å². The minimum Gasteiger partial charge on any atom is -0.353 e. The van der Waals surface area contributed by atoms with Gasteiger partial charge in [0.2, 0.25) is 0 Å². The Morgan fingerprint density at radius 2 is 1.84 bits per heavy atom. The SMILES string of the molecule is O=C(Nc1ccc(Cl)nc1)c1c(Cl)ccc2c(Nc3cccc(C(F)(F)F)c3)noc12. The van der Waals surface area contributed by atoms with Crippen LogP contribution < -0.4 is 10.6 Å². The normalized spacial score (nSPS) is 11.5. The number of halogens is 5. The lowest BCUT2D eigenvalue weighted by Crippen LogP contribution is -2.13. The molecule has 0 aliphatic heterocycles. The van der Waals surface area contributed by atoms with Crippen molar-refractivity contribution in [1.29, 1.82) is 0 Å². The average Bonchev–Trinajstić information content (AvgIpc) is 3.11. The molecule has 0 saturated carbocycles. The molecule has 1 amide bonds. The van der Waals surface area contributed by atoms with Gasteiger partial charge in [0.1, 0.15) is 10.7 Å². The first-order valence-corrected chi connectivity index (χ1v) is 9.43. The summed E-state index contributed by atoms with van der Waals surface area (Å²) in [5.41, 5.74) is -0.201. The van der Waals surface area contributed by atoms with Crippen LogP contribution in [-0.2, 0) is 6.18 Å². The fourth-order valence-electron chi connectivity index (χ4n) is 2.84. The monoisotopic (exact) mass is 466 g/mol. The molecule has 2 heterocycles. The van der Waals surface area contributed by atoms with Gasteiger partial charge in [-0.05, 0) is 42.5 Å². The summed E-state index contributed by atoms with van der Waals surface area (Å²) in [6.07, 6.45) is -3.12. The van der Waals surface area contributed by atoms with E-state index in [1.54, 1.807) is 12.1 Å². The first-order chi connectivity index (χ1) is 14.7. The van der Waals surface area contributed by atoms with E-state index < -0.39 is 17.6 Å². The van der Waals surface area contributed by atoms with Gasteiger partial charge in [0.05, 0.1) is 27.9 Å². The quantitative estimate of drug-likeness (QED) is 0.333. The van der Waals surface area contributed by atoms with Crippen LogP contribution in [0.25, 0.3) is 11.0 Å². The van der Waals surface area contributed by atoms with E-state index >= 15 is 0 Å². The number of rotatable bonds is 4. The van der Waals surface area contributed by atoms with Crippen molar-refractivity contribution in [2.24, 2.45) is 0 Å². The van der Waals surface area contributed by atoms with Crippen LogP contribution in [0.2, 0.25) is 10.2 Å². The number of anilines is 3. The number of aromatic nitrogens is 2. The third-order valence-corrected chi connectivity index (χ3v) is 4.79. The lowest BCUT2D eigenvalue weighted by molar-refractivity contribution is -0.137. The van der Waals surface area contributed by atoms with E-state index in [4.69, 9.17) is 27.7 Å². The topological polar surface area (TPSA) is 80.0 Å². The fourth-order valence-corrected chi connectivity index (χ4v) is 3.18. The zero-order valence-corrected chi connectivity index (χ0v) is 16.8. The van der Waals surface area contributed by atoms with Crippen LogP contribution in [0, 0.1) is 0 Å². The lowest BCUT2D eigenvalue weighted by Gasteiger charge is -2.09. The lowest BCUT2D eigenvalue weighted by atomic mass is 10.1. The molecule has 6 nitrogen and oxygen atoms in total. The molecule has 2 aromatic carbocycles. The zero-order chi connectivity index (χ0) is 22.2. The standard InChI is InChI=1S/C20H11Cl2F3N4O2/c21-14-6-5-13-17(16(14)19(30)28-12-4-7-15(22)26-9-12)31-29-18(13)27-11-3-1-2-10(8-11)20(23,24)25/h1-9H,(H,27,29)(H,28,30). The Bertz CT molecular complexity index is 1270. The van der Waals surface area contributed by atoms with Gasteiger partial charge in [0.25, 0.3) is 5.91 Å². The number of pyridine rings is 1. The van der Waals surface area contributed by atoms with Gasteiger partial charge in [-0.1, -0.05) is 34.4 Å². The van der Waals surface area contributed by atoms with Crippen molar-refractivity contribution in [3.05, 3.63) is 76.0 Å². The van der Waals surface area contributed by atoms with Gasteiger partial charge in [0, 0.05) is 5.69 Å². The third kappa shape index (κ3) is 4.42. The summed E-state index contributed by atoms with van der Waals surface area (Å²) in [5, 5.41) is 9.98. The van der Waals surface area contributed by atoms with E-state index in [1.807, 2.05) is 0 Å². The van der Waals surface area contributed by atoms with Crippen molar-refractivity contribution in [3.63, 3.8) is 0 Å². The molecule has 0 fully saturated rings. The summed E-state index contributed by atoms with van der Waals surface area (Å²) in [6.45, 7) is 0. The van der Waals surface area contributed by atoms with Crippen molar-refractivity contribution in [1.82, 2.24) is 10.1 Å². The summed E-state index contributed by atoms with van der Waals surface area (Å²) in [5.74, 6) is -0.449. The van der Waals surface area contributed by atoms with E-state index in [9.17, 15) is 18.0 Å². The second kappa shape index (κ2) is 8.09. The van der Waals surface area contributed by atoms with Crippen molar-refractivity contribution in [2.45, 2.75) is 6.18 Å². The van der Waals surface area contributed by atoms with E-state index in [-0.39, 0.29) is 32.8 Å². The minimum atomic E-state index is -4.49. The molecule has 4 rings (SSSR count). The first-order valence-electron chi connectivity index (χ1n) is 8.67. The second-order valence-corrected chi connectivity index (χ2v) is 7.15. The summed E-state index contributed by atoms with van der Waals surface area (Å²) >= 11 is 11.9. The van der Waals surface area contributed by atoms with Crippen LogP contribution in [0.5, 0.6) is 0 Å². The number of benzene rings is 2. The highest BCUT2D eigenvalue weighted by Crippen LogP contribution is 2.35. The van der Waals surface area contributed by atoms with E-state index in [0.29, 0.717) is 11.1 Å². The molecule has 4 aromatic rings. The molecule has 0 atom stereocenters. The summed E-state index contributed by atoms with van der Waals surface area (Å²) < 4.78 is 44.2. The highest BCUT2D eigenvalue weighted by Gasteiger charge is 2.30. The van der Waals surface area contributed by atoms with Crippen LogP contribution >= 0.6 is 23.2 Å². The molecule has 0 spiro atoms. The van der Waals surface area contributed by atoms with Crippen molar-refractivity contribution < 1.29 is 22.5 Å². The van der Waals surface area contributed by atoms with Gasteiger partial charge in [-0.3, -0.25) is 4.79 Å². The van der Waals surface area contributed by atoms with Gasteiger partial charge in [-0.25, -0.2) is 4.98 Å². The Labute approximate surface area is 183 Å². The van der Waals surface area contributed by atoms with Crippen LogP contribution in [0.1, 0.15) is 15.9 Å². The third-order valence-electron chi connectivity index (χ3n) is 4.26. The number of nitrogens with zero attached hydrogens (tertiary/aromatic N) is 2. The molecule has 2 N–H and O–H groups in total. The van der Waals surface area contributed by atoms with Crippen LogP contribution in [0.3, 0.4) is 0 Å². The van der Waals surface area contributed by atoms with Crippen LogP contribution in [0.15, 0.2) is 59.3 Å². The van der Waals surface area contributed by atoms with Crippen molar-refractivity contribution in [3.8, 4) is 0 Å². The van der Waals surface area contributed by atoms with Gasteiger partial charge >= 0.3 is 6.18 Å². The van der Waals surface area contributed by atoms with Gasteiger partial charge in [-0.2, -0.15) is 13.2 Å². The summed E-state index contributed by atoms with van der Waals surface area (Å²) in [6, 6.07) is 10.7. The van der Waals surface area contributed by atoms with Crippen LogP contribution in [0.4, 0.5) is 30.4 Å². The molecule has 0 bridgehead atoms. The smallest absolute Gasteiger partial charge is 0.353 e. The number of amides is 1. The largest absolute Gasteiger partial charge is 0.416 e. The molecule has 2 aromatic heterocycles. The second-order valence-electron chi connectivity index (χ2n) is 6.36. The molecule has 0 saturated heterocycles. The maximum atomic E-state index is 13.0. The maximum absolute atomic E-state index is 13.0. The van der Waals surface area contributed by atoms with Gasteiger partial charge < -0.3 is 15.2 Å². The predicted molar refractivity (Wildman–Crippen MR) is 111 cm³/mol. The van der Waals surface area contributed by atoms with Crippen molar-refractivity contribution >= 4 is 57.3 Å². The summed E-state index contributed by atoms with van der Waals surface area (Å²) in [7, 11) is 0. The number of hydrogen-bond donors (Lipinski definition) is 2. The van der Waals surface area contributed by atoms with Gasteiger partial charge in [-0.15, -0.1) is 0 Å². The molecule has 0 aliphatic rings. The average molecular weight is 467 g/mol. The molecule has 11 heteroatoms. The number of fused-ring (bicyclic) bond motifs is 1. The number of alkyl halides is 3. The zero-order valence-electron chi connectivity index (χ0n) is 15.3. The predicted octanol–water partition coefficient (Wildman–Crippen LogP) is 6.54. The Kier molecular flexibility index (Phi) is 5.47. The van der Waals surface area contributed by atoms with E-state index in [1.165, 1.54) is 30.5 Å². The number of carbonyl (C=O) groups is 1. The Morgan fingerprint density at radius 3 is 2.55 bits per heavy atom. The number of hydrogen-bond acceptors (Lipinski definition) is 5. The Hall–Kier alpha value is -3.30. The fraction of sp³-hybridized carbons (Fsp3) is 0.0500. The molecule has 0 aliphatic carbocycles. The summed E-state index contributed by atoms with van der Waals surface area (Å²) in [4.78, 5) is 16.6. The highest BCUT2D eigenvalue weighted by atomic mass is 35.5. The van der Waals surface area contributed by atoms with Crippen LogP contribution in [-0.4, -0.2) is 16.0 Å². The Balaban J connectivity index is 1.67. The van der Waals surface area contributed by atoms with Crippen molar-refractivity contribution in [2.75, 3.05) is 10.6 Å². The molecule has 158 valence electrons. The maximum Gasteiger partial charge on any atom is 0.416 e. The molecule has 0 unspecified atom stereocenters. The molecular weight excluding hydrogens is 456 g/mol. The number of carbonyl (C=O) groups excluding carboxylic acids is 1. The Morgan fingerprint density at radius 1 is 1.03 bits per heavy atom. The number of nitrogens with one attached hydrogen (secondary N) is 2. The highest BCUT2D eigenvalue weighted by molar-refractivity contribution is 6.36.